The van der Waals surface area contributed by atoms with E-state index in [1.54, 1.807) is 17.3 Å². The first-order chi connectivity index (χ1) is 13.1. The summed E-state index contributed by atoms with van der Waals surface area (Å²) in [6.07, 6.45) is 6.65. The van der Waals surface area contributed by atoms with E-state index in [0.29, 0.717) is 24.8 Å². The third-order valence-electron chi connectivity index (χ3n) is 5.34. The molecule has 1 amide bonds. The number of pyridine rings is 1. The number of nitrogens with zero attached hydrogens (tertiary/aromatic N) is 3. The van der Waals surface area contributed by atoms with E-state index in [1.807, 2.05) is 6.92 Å². The lowest BCUT2D eigenvalue weighted by Crippen LogP contribution is -2.29. The van der Waals surface area contributed by atoms with Gasteiger partial charge in [0.15, 0.2) is 5.82 Å². The molecule has 3 aliphatic rings. The van der Waals surface area contributed by atoms with Crippen LogP contribution in [0.2, 0.25) is 0 Å². The molecule has 0 bridgehead atoms. The van der Waals surface area contributed by atoms with E-state index in [2.05, 4.69) is 20.6 Å². The molecule has 1 aromatic rings. The van der Waals surface area contributed by atoms with Gasteiger partial charge in [0.1, 0.15) is 11.9 Å². The Morgan fingerprint density at radius 2 is 2.26 bits per heavy atom. The number of cyclic esters (lactones) is 1. The fourth-order valence-corrected chi connectivity index (χ4v) is 3.91. The van der Waals surface area contributed by atoms with Crippen molar-refractivity contribution in [3.8, 4) is 0 Å². The second kappa shape index (κ2) is 7.64. The minimum atomic E-state index is -0.350. The molecule has 2 N–H and O–H groups in total. The number of rotatable bonds is 6. The summed E-state index contributed by atoms with van der Waals surface area (Å²) in [5, 5.41) is 6.47. The predicted octanol–water partition coefficient (Wildman–Crippen LogP) is 1.52. The topological polar surface area (TPSA) is 78.9 Å². The Hall–Kier alpha value is -2.48. The summed E-state index contributed by atoms with van der Waals surface area (Å²) in [7, 11) is 0. The number of hydrogen-bond acceptors (Lipinski definition) is 6. The average molecular weight is 373 g/mol. The van der Waals surface area contributed by atoms with Crippen LogP contribution in [0.25, 0.3) is 0 Å². The van der Waals surface area contributed by atoms with E-state index >= 15 is 0 Å². The van der Waals surface area contributed by atoms with Gasteiger partial charge in [-0.3, -0.25) is 9.88 Å². The molecule has 2 atom stereocenters. The Morgan fingerprint density at radius 1 is 1.41 bits per heavy atom. The van der Waals surface area contributed by atoms with Crippen LogP contribution in [0.1, 0.15) is 23.2 Å². The van der Waals surface area contributed by atoms with Gasteiger partial charge in [-0.15, -0.1) is 0 Å². The smallest absolute Gasteiger partial charge is 0.415 e. The zero-order valence-electron chi connectivity index (χ0n) is 15.4. The van der Waals surface area contributed by atoms with Crippen molar-refractivity contribution in [2.24, 2.45) is 10.9 Å². The van der Waals surface area contributed by atoms with Gasteiger partial charge in [0, 0.05) is 24.7 Å². The Kier molecular flexibility index (Phi) is 5.07. The fraction of sp³-hybridized carbons (Fsp3) is 0.526. The van der Waals surface area contributed by atoms with Gasteiger partial charge >= 0.3 is 6.09 Å². The van der Waals surface area contributed by atoms with Gasteiger partial charge in [-0.25, -0.2) is 14.2 Å². The third kappa shape index (κ3) is 3.80. The molecule has 7 nitrogen and oxygen atoms in total. The van der Waals surface area contributed by atoms with E-state index < -0.39 is 0 Å². The van der Waals surface area contributed by atoms with Crippen molar-refractivity contribution in [2.75, 3.05) is 26.2 Å². The highest BCUT2D eigenvalue weighted by atomic mass is 19.1. The molecule has 1 aromatic heterocycles. The molecular weight excluding hydrogens is 349 g/mol. The SMILES string of the molecule is Cc1ncc(F)c2c1C[C@H](CNCC[C@H]1CN(C3=CNCC=N3)C(=O)O1)C2. The van der Waals surface area contributed by atoms with Crippen LogP contribution in [-0.4, -0.2) is 54.5 Å². The van der Waals surface area contributed by atoms with Crippen molar-refractivity contribution in [2.45, 2.75) is 32.3 Å². The molecule has 1 saturated heterocycles. The van der Waals surface area contributed by atoms with Crippen LogP contribution in [0.15, 0.2) is 23.2 Å². The van der Waals surface area contributed by atoms with E-state index in [-0.39, 0.29) is 18.0 Å². The van der Waals surface area contributed by atoms with Crippen molar-refractivity contribution >= 4 is 12.3 Å². The summed E-state index contributed by atoms with van der Waals surface area (Å²) in [6.45, 7) is 4.69. The van der Waals surface area contributed by atoms with Crippen LogP contribution in [-0.2, 0) is 17.6 Å². The molecule has 0 aromatic carbocycles. The first-order valence-corrected chi connectivity index (χ1v) is 9.39. The molecule has 3 heterocycles. The molecule has 4 rings (SSSR count). The fourth-order valence-electron chi connectivity index (χ4n) is 3.91. The largest absolute Gasteiger partial charge is 0.444 e. The Morgan fingerprint density at radius 3 is 3.04 bits per heavy atom. The standard InChI is InChI=1S/C19H24FN5O2/c1-12-15-6-13(7-16(15)17(20)9-24-12)8-21-3-2-14-11-25(19(26)27-14)18-10-22-4-5-23-18/h5,9-10,13-14,21-22H,2-4,6-8,11H2,1H3/t13-,14-/m0/s1. The lowest BCUT2D eigenvalue weighted by molar-refractivity contribution is 0.130. The van der Waals surface area contributed by atoms with Gasteiger partial charge in [-0.05, 0) is 56.3 Å². The number of halogens is 1. The number of aliphatic imine (C=N–C) groups is 1. The van der Waals surface area contributed by atoms with Gasteiger partial charge in [-0.1, -0.05) is 0 Å². The maximum Gasteiger partial charge on any atom is 0.415 e. The molecule has 0 radical (unpaired) electrons. The maximum absolute atomic E-state index is 13.9. The number of amides is 1. The van der Waals surface area contributed by atoms with Crippen LogP contribution in [0.4, 0.5) is 9.18 Å². The predicted molar refractivity (Wildman–Crippen MR) is 98.9 cm³/mol. The number of hydrogen-bond donors (Lipinski definition) is 2. The number of aryl methyl sites for hydroxylation is 1. The quantitative estimate of drug-likeness (QED) is 0.739. The molecular formula is C19H24FN5O2. The summed E-state index contributed by atoms with van der Waals surface area (Å²) >= 11 is 0. The highest BCUT2D eigenvalue weighted by Gasteiger charge is 2.33. The number of carbonyl (C=O) groups is 1. The maximum atomic E-state index is 13.9. The van der Waals surface area contributed by atoms with Gasteiger partial charge in [0.25, 0.3) is 0 Å². The zero-order chi connectivity index (χ0) is 18.8. The summed E-state index contributed by atoms with van der Waals surface area (Å²) in [5.74, 6) is 0.787. The normalized spacial score (nSPS) is 23.9. The van der Waals surface area contributed by atoms with Crippen LogP contribution < -0.4 is 10.6 Å². The van der Waals surface area contributed by atoms with E-state index in [0.717, 1.165) is 49.2 Å². The molecule has 144 valence electrons. The molecule has 2 aliphatic heterocycles. The second-order valence-electron chi connectivity index (χ2n) is 7.25. The minimum absolute atomic E-state index is 0.146. The number of aromatic nitrogens is 1. The first-order valence-electron chi connectivity index (χ1n) is 9.39. The van der Waals surface area contributed by atoms with Crippen molar-refractivity contribution in [3.05, 3.63) is 40.9 Å². The van der Waals surface area contributed by atoms with Crippen LogP contribution in [0.3, 0.4) is 0 Å². The van der Waals surface area contributed by atoms with Crippen molar-refractivity contribution < 1.29 is 13.9 Å². The third-order valence-corrected chi connectivity index (χ3v) is 5.34. The molecule has 0 spiro atoms. The Labute approximate surface area is 157 Å². The second-order valence-corrected chi connectivity index (χ2v) is 7.25. The first kappa shape index (κ1) is 17.9. The van der Waals surface area contributed by atoms with Gasteiger partial charge in [0.05, 0.1) is 12.7 Å². The number of ether oxygens (including phenoxy) is 1. The lowest BCUT2D eigenvalue weighted by Gasteiger charge is -2.16. The Balaban J connectivity index is 1.21. The highest BCUT2D eigenvalue weighted by molar-refractivity contribution is 5.73. The lowest BCUT2D eigenvalue weighted by atomic mass is 10.1. The minimum Gasteiger partial charge on any atom is -0.444 e. The van der Waals surface area contributed by atoms with E-state index in [1.165, 1.54) is 6.20 Å². The zero-order valence-corrected chi connectivity index (χ0v) is 15.4. The van der Waals surface area contributed by atoms with Crippen LogP contribution >= 0.6 is 0 Å². The summed E-state index contributed by atoms with van der Waals surface area (Å²) < 4.78 is 19.3. The van der Waals surface area contributed by atoms with Crippen LogP contribution in [0, 0.1) is 18.7 Å². The highest BCUT2D eigenvalue weighted by Crippen LogP contribution is 2.30. The summed E-state index contributed by atoms with van der Waals surface area (Å²) in [4.78, 5) is 21.9. The van der Waals surface area contributed by atoms with E-state index in [9.17, 15) is 9.18 Å². The van der Waals surface area contributed by atoms with Gasteiger partial charge < -0.3 is 15.4 Å². The Bertz CT molecular complexity index is 764. The molecule has 27 heavy (non-hydrogen) atoms. The van der Waals surface area contributed by atoms with Gasteiger partial charge in [-0.2, -0.15) is 0 Å². The number of carbonyl (C=O) groups excluding carboxylic acids is 1. The molecule has 1 aliphatic carbocycles. The van der Waals surface area contributed by atoms with Gasteiger partial charge in [0.2, 0.25) is 0 Å². The molecule has 0 saturated carbocycles. The molecule has 0 unspecified atom stereocenters. The van der Waals surface area contributed by atoms with Crippen LogP contribution in [0.5, 0.6) is 0 Å². The molecule has 8 heteroatoms. The average Bonchev–Trinajstić information content (AvgIpc) is 3.27. The number of nitrogens with one attached hydrogen (secondary N) is 2. The van der Waals surface area contributed by atoms with Crippen molar-refractivity contribution in [1.29, 1.82) is 0 Å². The van der Waals surface area contributed by atoms with Crippen molar-refractivity contribution in [1.82, 2.24) is 20.5 Å². The van der Waals surface area contributed by atoms with Crippen molar-refractivity contribution in [3.63, 3.8) is 0 Å². The molecule has 1 fully saturated rings. The van der Waals surface area contributed by atoms with E-state index in [4.69, 9.17) is 4.74 Å². The summed E-state index contributed by atoms with van der Waals surface area (Å²) in [5.41, 5.74) is 2.82. The summed E-state index contributed by atoms with van der Waals surface area (Å²) in [6, 6.07) is 0. The number of fused-ring (bicyclic) bond motifs is 1. The monoisotopic (exact) mass is 373 g/mol.